The van der Waals surface area contributed by atoms with Gasteiger partial charge in [0.25, 0.3) is 0 Å². The lowest BCUT2D eigenvalue weighted by Crippen LogP contribution is -2.35. The zero-order valence-electron chi connectivity index (χ0n) is 11.0. The summed E-state index contributed by atoms with van der Waals surface area (Å²) in [5, 5.41) is 6.05. The number of amides is 1. The van der Waals surface area contributed by atoms with Gasteiger partial charge in [0.1, 0.15) is 0 Å². The van der Waals surface area contributed by atoms with Crippen LogP contribution in [0.15, 0.2) is 0 Å². The minimum absolute atomic E-state index is 0.107. The Labute approximate surface area is 99.8 Å². The second kappa shape index (κ2) is 10.9. The number of hydrogen-bond acceptors (Lipinski definition) is 3. The first-order valence-corrected chi connectivity index (χ1v) is 6.29. The molecule has 0 aromatic heterocycles. The summed E-state index contributed by atoms with van der Waals surface area (Å²) >= 11 is 0. The largest absolute Gasteiger partial charge is 0.355 e. The number of nitrogens with one attached hydrogen (secondary N) is 2. The molecule has 0 bridgehead atoms. The first-order chi connectivity index (χ1) is 7.66. The van der Waals surface area contributed by atoms with Gasteiger partial charge in [-0.15, -0.1) is 0 Å². The molecule has 0 rings (SSSR count). The summed E-state index contributed by atoms with van der Waals surface area (Å²) in [6, 6.07) is 0. The molecule has 0 aliphatic heterocycles. The van der Waals surface area contributed by atoms with E-state index in [0.717, 1.165) is 32.5 Å². The summed E-state index contributed by atoms with van der Waals surface area (Å²) in [6.45, 7) is 5.36. The minimum Gasteiger partial charge on any atom is -0.355 e. The second-order valence-corrected chi connectivity index (χ2v) is 4.39. The summed E-state index contributed by atoms with van der Waals surface area (Å²) in [7, 11) is 4.08. The van der Waals surface area contributed by atoms with E-state index >= 15 is 0 Å². The molecule has 96 valence electrons. The van der Waals surface area contributed by atoms with Gasteiger partial charge in [-0.1, -0.05) is 19.8 Å². The quantitative estimate of drug-likeness (QED) is 0.546. The number of carbonyl (C=O) groups excluding carboxylic acids is 1. The summed E-state index contributed by atoms with van der Waals surface area (Å²) in [5.74, 6) is 0.107. The van der Waals surface area contributed by atoms with Crippen molar-refractivity contribution in [3.63, 3.8) is 0 Å². The minimum atomic E-state index is 0.107. The third kappa shape index (κ3) is 11.5. The van der Waals surface area contributed by atoms with E-state index in [0.29, 0.717) is 6.54 Å². The van der Waals surface area contributed by atoms with E-state index in [-0.39, 0.29) is 5.91 Å². The van der Waals surface area contributed by atoms with Crippen LogP contribution in [0.3, 0.4) is 0 Å². The van der Waals surface area contributed by atoms with Crippen molar-refractivity contribution in [2.45, 2.75) is 32.6 Å². The van der Waals surface area contributed by atoms with E-state index in [1.807, 2.05) is 14.1 Å². The van der Waals surface area contributed by atoms with Crippen LogP contribution in [0.1, 0.15) is 32.6 Å². The normalized spacial score (nSPS) is 10.8. The van der Waals surface area contributed by atoms with Crippen molar-refractivity contribution in [2.75, 3.05) is 40.3 Å². The Morgan fingerprint density at radius 2 is 1.88 bits per heavy atom. The van der Waals surface area contributed by atoms with Gasteiger partial charge < -0.3 is 15.5 Å². The maximum atomic E-state index is 11.3. The molecule has 1 amide bonds. The molecule has 0 aromatic carbocycles. The zero-order chi connectivity index (χ0) is 12.2. The lowest BCUT2D eigenvalue weighted by molar-refractivity contribution is -0.120. The van der Waals surface area contributed by atoms with Crippen molar-refractivity contribution in [2.24, 2.45) is 0 Å². The van der Waals surface area contributed by atoms with E-state index < -0.39 is 0 Å². The Kier molecular flexibility index (Phi) is 10.5. The Morgan fingerprint density at radius 3 is 2.50 bits per heavy atom. The van der Waals surface area contributed by atoms with Gasteiger partial charge in [-0.05, 0) is 40.0 Å². The van der Waals surface area contributed by atoms with Crippen molar-refractivity contribution in [1.82, 2.24) is 15.5 Å². The van der Waals surface area contributed by atoms with Crippen LogP contribution in [0.25, 0.3) is 0 Å². The summed E-state index contributed by atoms with van der Waals surface area (Å²) < 4.78 is 0. The molecule has 0 fully saturated rings. The molecule has 0 aliphatic rings. The highest BCUT2D eigenvalue weighted by Gasteiger charge is 1.99. The van der Waals surface area contributed by atoms with Gasteiger partial charge >= 0.3 is 0 Å². The molecule has 16 heavy (non-hydrogen) atoms. The second-order valence-electron chi connectivity index (χ2n) is 4.39. The summed E-state index contributed by atoms with van der Waals surface area (Å²) in [4.78, 5) is 13.5. The van der Waals surface area contributed by atoms with Gasteiger partial charge in [-0.3, -0.25) is 4.79 Å². The SMILES string of the molecule is CCCCCNCC(=O)NCCCN(C)C. The first kappa shape index (κ1) is 15.4. The Balaban J connectivity index is 3.18. The molecule has 0 aliphatic carbocycles. The maximum absolute atomic E-state index is 11.3. The highest BCUT2D eigenvalue weighted by Crippen LogP contribution is 1.90. The highest BCUT2D eigenvalue weighted by molar-refractivity contribution is 5.77. The van der Waals surface area contributed by atoms with Gasteiger partial charge in [-0.2, -0.15) is 0 Å². The fourth-order valence-corrected chi connectivity index (χ4v) is 1.39. The monoisotopic (exact) mass is 229 g/mol. The number of unbranched alkanes of at least 4 members (excludes halogenated alkanes) is 2. The molecular formula is C12H27N3O. The zero-order valence-corrected chi connectivity index (χ0v) is 11.0. The highest BCUT2D eigenvalue weighted by atomic mass is 16.1. The van der Waals surface area contributed by atoms with Gasteiger partial charge in [-0.25, -0.2) is 0 Å². The standard InChI is InChI=1S/C12H27N3O/c1-4-5-6-8-13-11-12(16)14-9-7-10-15(2)3/h13H,4-11H2,1-3H3,(H,14,16). The molecule has 0 unspecified atom stereocenters. The average molecular weight is 229 g/mol. The molecule has 0 spiro atoms. The van der Waals surface area contributed by atoms with Crippen LogP contribution < -0.4 is 10.6 Å². The van der Waals surface area contributed by atoms with Crippen LogP contribution in [-0.4, -0.2) is 51.1 Å². The maximum Gasteiger partial charge on any atom is 0.233 e. The predicted octanol–water partition coefficient (Wildman–Crippen LogP) is 0.834. The number of hydrogen-bond donors (Lipinski definition) is 2. The van der Waals surface area contributed by atoms with E-state index in [4.69, 9.17) is 0 Å². The number of rotatable bonds is 10. The predicted molar refractivity (Wildman–Crippen MR) is 68.6 cm³/mol. The van der Waals surface area contributed by atoms with Crippen LogP contribution in [0.4, 0.5) is 0 Å². The average Bonchev–Trinajstić information content (AvgIpc) is 2.24. The van der Waals surface area contributed by atoms with Gasteiger partial charge in [0.2, 0.25) is 5.91 Å². The molecular weight excluding hydrogens is 202 g/mol. The van der Waals surface area contributed by atoms with Crippen molar-refractivity contribution in [1.29, 1.82) is 0 Å². The van der Waals surface area contributed by atoms with Crippen molar-refractivity contribution in [3.8, 4) is 0 Å². The Bertz CT molecular complexity index is 172. The van der Waals surface area contributed by atoms with E-state index in [9.17, 15) is 4.79 Å². The lowest BCUT2D eigenvalue weighted by atomic mass is 10.2. The fourth-order valence-electron chi connectivity index (χ4n) is 1.39. The summed E-state index contributed by atoms with van der Waals surface area (Å²) in [5.41, 5.74) is 0. The smallest absolute Gasteiger partial charge is 0.233 e. The first-order valence-electron chi connectivity index (χ1n) is 6.29. The molecule has 2 N–H and O–H groups in total. The molecule has 0 aromatic rings. The van der Waals surface area contributed by atoms with E-state index in [1.54, 1.807) is 0 Å². The van der Waals surface area contributed by atoms with Gasteiger partial charge in [0, 0.05) is 6.54 Å². The fraction of sp³-hybridized carbons (Fsp3) is 0.917. The number of carbonyl (C=O) groups is 1. The third-order valence-electron chi connectivity index (χ3n) is 2.35. The molecule has 0 heterocycles. The van der Waals surface area contributed by atoms with Crippen molar-refractivity contribution in [3.05, 3.63) is 0 Å². The third-order valence-corrected chi connectivity index (χ3v) is 2.35. The van der Waals surface area contributed by atoms with Crippen molar-refractivity contribution >= 4 is 5.91 Å². The summed E-state index contributed by atoms with van der Waals surface area (Å²) in [6.07, 6.45) is 4.62. The van der Waals surface area contributed by atoms with Crippen LogP contribution in [0.2, 0.25) is 0 Å². The van der Waals surface area contributed by atoms with Gasteiger partial charge in [0.05, 0.1) is 6.54 Å². The van der Waals surface area contributed by atoms with Gasteiger partial charge in [0.15, 0.2) is 0 Å². The molecule has 0 atom stereocenters. The topological polar surface area (TPSA) is 44.4 Å². The molecule has 0 saturated heterocycles. The lowest BCUT2D eigenvalue weighted by Gasteiger charge is -2.10. The van der Waals surface area contributed by atoms with Crippen LogP contribution in [0, 0.1) is 0 Å². The molecule has 4 nitrogen and oxygen atoms in total. The van der Waals surface area contributed by atoms with Crippen LogP contribution >= 0.6 is 0 Å². The van der Waals surface area contributed by atoms with Crippen LogP contribution in [-0.2, 0) is 4.79 Å². The van der Waals surface area contributed by atoms with E-state index in [2.05, 4.69) is 22.5 Å². The molecule has 0 saturated carbocycles. The Hall–Kier alpha value is -0.610. The number of nitrogens with zero attached hydrogens (tertiary/aromatic N) is 1. The Morgan fingerprint density at radius 1 is 1.12 bits per heavy atom. The molecule has 4 heteroatoms. The van der Waals surface area contributed by atoms with Crippen molar-refractivity contribution < 1.29 is 4.79 Å². The van der Waals surface area contributed by atoms with Crippen LogP contribution in [0.5, 0.6) is 0 Å². The molecule has 0 radical (unpaired) electrons. The van der Waals surface area contributed by atoms with E-state index in [1.165, 1.54) is 12.8 Å².